The van der Waals surface area contributed by atoms with Crippen molar-refractivity contribution in [2.75, 3.05) is 17.4 Å². The molecule has 5 rings (SSSR count). The maximum Gasteiger partial charge on any atom is 0.265 e. The summed E-state index contributed by atoms with van der Waals surface area (Å²) in [7, 11) is -3.72. The highest BCUT2D eigenvalue weighted by Crippen LogP contribution is 2.42. The highest BCUT2D eigenvalue weighted by molar-refractivity contribution is 7.93. The van der Waals surface area contributed by atoms with Crippen LogP contribution < -0.4 is 9.62 Å². The first-order chi connectivity index (χ1) is 20.3. The Bertz CT molecular complexity index is 1690. The Morgan fingerprint density at radius 3 is 2.38 bits per heavy atom. The minimum Gasteiger partial charge on any atom is -0.354 e. The topological polar surface area (TPSA) is 86.8 Å². The third-order valence-electron chi connectivity index (χ3n) is 7.55. The molecule has 1 aliphatic rings. The Kier molecular flexibility index (Phi) is 9.14. The molecule has 0 bridgehead atoms. The molecular formula is C33H34ClN3O4S. The lowest BCUT2D eigenvalue weighted by Gasteiger charge is -2.32. The number of carbonyl (C=O) groups is 2. The van der Waals surface area contributed by atoms with Gasteiger partial charge in [-0.15, -0.1) is 0 Å². The molecular weight excluding hydrogens is 570 g/mol. The van der Waals surface area contributed by atoms with Crippen LogP contribution in [0.3, 0.4) is 0 Å². The molecule has 0 spiro atoms. The van der Waals surface area contributed by atoms with Crippen molar-refractivity contribution in [2.24, 2.45) is 0 Å². The van der Waals surface area contributed by atoms with Crippen molar-refractivity contribution in [3.05, 3.63) is 107 Å². The molecule has 0 aromatic heterocycles. The first-order valence-corrected chi connectivity index (χ1v) is 16.0. The predicted molar refractivity (Wildman–Crippen MR) is 167 cm³/mol. The van der Waals surface area contributed by atoms with Crippen molar-refractivity contribution in [1.29, 1.82) is 0 Å². The maximum atomic E-state index is 13.9. The summed E-state index contributed by atoms with van der Waals surface area (Å²) in [5.41, 5.74) is 2.29. The van der Waals surface area contributed by atoms with Crippen molar-refractivity contribution in [3.8, 4) is 0 Å². The van der Waals surface area contributed by atoms with E-state index >= 15 is 0 Å². The van der Waals surface area contributed by atoms with Crippen molar-refractivity contribution >= 4 is 49.9 Å². The Morgan fingerprint density at radius 2 is 1.64 bits per heavy atom. The molecule has 1 unspecified atom stereocenters. The fourth-order valence-electron chi connectivity index (χ4n) is 5.45. The number of nitrogens with zero attached hydrogens (tertiary/aromatic N) is 2. The molecule has 4 aromatic rings. The number of nitrogens with one attached hydrogen (secondary N) is 1. The minimum atomic E-state index is -3.72. The van der Waals surface area contributed by atoms with Gasteiger partial charge in [0.1, 0.15) is 6.04 Å². The average Bonchev–Trinajstić information content (AvgIpc) is 3.22. The van der Waals surface area contributed by atoms with E-state index in [1.165, 1.54) is 4.31 Å². The highest BCUT2D eigenvalue weighted by Gasteiger charge is 2.36. The quantitative estimate of drug-likeness (QED) is 0.217. The van der Waals surface area contributed by atoms with Gasteiger partial charge in [0.05, 0.1) is 10.6 Å². The smallest absolute Gasteiger partial charge is 0.265 e. The third kappa shape index (κ3) is 6.15. The number of hydrogen-bond acceptors (Lipinski definition) is 4. The molecule has 0 saturated carbocycles. The largest absolute Gasteiger partial charge is 0.354 e. The molecule has 1 N–H and O–H groups in total. The van der Waals surface area contributed by atoms with Gasteiger partial charge in [-0.1, -0.05) is 91.3 Å². The van der Waals surface area contributed by atoms with Crippen LogP contribution in [-0.2, 0) is 32.6 Å². The number of hydrogen-bond donors (Lipinski definition) is 1. The van der Waals surface area contributed by atoms with Crippen LogP contribution in [0.5, 0.6) is 0 Å². The summed E-state index contributed by atoms with van der Waals surface area (Å²) < 4.78 is 28.2. The third-order valence-corrected chi connectivity index (χ3v) is 9.78. The Balaban J connectivity index is 1.39. The van der Waals surface area contributed by atoms with Gasteiger partial charge in [0.25, 0.3) is 10.0 Å². The molecule has 9 heteroatoms. The Morgan fingerprint density at radius 1 is 0.929 bits per heavy atom. The number of anilines is 1. The van der Waals surface area contributed by atoms with Crippen LogP contribution in [0.4, 0.5) is 5.69 Å². The lowest BCUT2D eigenvalue weighted by atomic mass is 10.0. The van der Waals surface area contributed by atoms with Crippen LogP contribution in [0.2, 0.25) is 5.02 Å². The second kappa shape index (κ2) is 13.0. The van der Waals surface area contributed by atoms with E-state index in [9.17, 15) is 18.0 Å². The standard InChI is InChI=1S/C33H34ClN3O4S/c1-2-20-35-33(39)29(22-24-11-4-3-5-12-24)36(23-26-13-6-7-16-27(26)34)31(38)19-10-21-37-28-17-8-14-25-15-9-18-30(32(25)28)42(37,40)41/h3-9,11-18,29H,2,10,19-23H2,1H3,(H,35,39). The summed E-state index contributed by atoms with van der Waals surface area (Å²) in [6.07, 6.45) is 1.46. The zero-order valence-corrected chi connectivity index (χ0v) is 25.1. The molecule has 0 aliphatic carbocycles. The van der Waals surface area contributed by atoms with Crippen molar-refractivity contribution < 1.29 is 18.0 Å². The zero-order valence-electron chi connectivity index (χ0n) is 23.5. The van der Waals surface area contributed by atoms with Crippen molar-refractivity contribution in [1.82, 2.24) is 10.2 Å². The van der Waals surface area contributed by atoms with Crippen molar-refractivity contribution in [3.63, 3.8) is 0 Å². The molecule has 4 aromatic carbocycles. The monoisotopic (exact) mass is 603 g/mol. The number of carbonyl (C=O) groups excluding carboxylic acids is 2. The Labute approximate surface area is 252 Å². The van der Waals surface area contributed by atoms with Gasteiger partial charge >= 0.3 is 0 Å². The lowest BCUT2D eigenvalue weighted by Crippen LogP contribution is -2.50. The second-order valence-corrected chi connectivity index (χ2v) is 12.7. The first-order valence-electron chi connectivity index (χ1n) is 14.2. The van der Waals surface area contributed by atoms with Gasteiger partial charge in [-0.05, 0) is 47.6 Å². The molecule has 7 nitrogen and oxygen atoms in total. The van der Waals surface area contributed by atoms with E-state index in [-0.39, 0.29) is 42.6 Å². The molecule has 1 aliphatic heterocycles. The van der Waals surface area contributed by atoms with Crippen LogP contribution >= 0.6 is 11.6 Å². The van der Waals surface area contributed by atoms with E-state index in [0.29, 0.717) is 29.1 Å². The summed E-state index contributed by atoms with van der Waals surface area (Å²) in [6, 6.07) is 26.9. The fraction of sp³-hybridized carbons (Fsp3) is 0.273. The molecule has 2 amide bonds. The van der Waals surface area contributed by atoms with Crippen LogP contribution in [0.1, 0.15) is 37.3 Å². The van der Waals surface area contributed by atoms with E-state index in [2.05, 4.69) is 5.32 Å². The first kappa shape index (κ1) is 29.6. The normalized spacial score (nSPS) is 14.1. The molecule has 1 atom stereocenters. The van der Waals surface area contributed by atoms with Gasteiger partial charge < -0.3 is 10.2 Å². The number of benzene rings is 4. The molecule has 0 radical (unpaired) electrons. The summed E-state index contributed by atoms with van der Waals surface area (Å²) in [5, 5.41) is 5.05. The minimum absolute atomic E-state index is 0.0646. The second-order valence-electron chi connectivity index (χ2n) is 10.4. The van der Waals surface area contributed by atoms with Gasteiger partial charge in [-0.2, -0.15) is 0 Å². The molecule has 0 saturated heterocycles. The predicted octanol–water partition coefficient (Wildman–Crippen LogP) is 5.95. The van der Waals surface area contributed by atoms with E-state index in [4.69, 9.17) is 11.6 Å². The van der Waals surface area contributed by atoms with Crippen molar-refractivity contribution in [2.45, 2.75) is 50.1 Å². The van der Waals surface area contributed by atoms with E-state index < -0.39 is 16.1 Å². The van der Waals surface area contributed by atoms with Crippen LogP contribution in [0, 0.1) is 0 Å². The number of rotatable bonds is 12. The van der Waals surface area contributed by atoms with Gasteiger partial charge in [0.2, 0.25) is 11.8 Å². The average molecular weight is 604 g/mol. The summed E-state index contributed by atoms with van der Waals surface area (Å²) in [4.78, 5) is 29.3. The van der Waals surface area contributed by atoms with Gasteiger partial charge in [-0.3, -0.25) is 13.9 Å². The summed E-state index contributed by atoms with van der Waals surface area (Å²) in [6.45, 7) is 2.77. The maximum absolute atomic E-state index is 13.9. The SMILES string of the molecule is CCCNC(=O)C(Cc1ccccc1)N(Cc1ccccc1Cl)C(=O)CCCN1c2cccc3cccc(c23)S1(=O)=O. The molecule has 42 heavy (non-hydrogen) atoms. The van der Waals surface area contributed by atoms with Gasteiger partial charge in [0.15, 0.2) is 0 Å². The van der Waals surface area contributed by atoms with E-state index in [1.54, 1.807) is 29.2 Å². The number of halogens is 1. The van der Waals surface area contributed by atoms with E-state index in [0.717, 1.165) is 22.9 Å². The molecule has 0 fully saturated rings. The molecule has 1 heterocycles. The van der Waals surface area contributed by atoms with Crippen LogP contribution in [0.25, 0.3) is 10.8 Å². The Hall–Kier alpha value is -3.88. The van der Waals surface area contributed by atoms with Gasteiger partial charge in [-0.25, -0.2) is 8.42 Å². The lowest BCUT2D eigenvalue weighted by molar-refractivity contribution is -0.141. The summed E-state index contributed by atoms with van der Waals surface area (Å²) >= 11 is 6.49. The number of amides is 2. The van der Waals surface area contributed by atoms with Gasteiger partial charge in [0, 0.05) is 42.9 Å². The fourth-order valence-corrected chi connectivity index (χ4v) is 7.39. The highest BCUT2D eigenvalue weighted by atomic mass is 35.5. The van der Waals surface area contributed by atoms with Crippen LogP contribution in [-0.4, -0.2) is 44.3 Å². The zero-order chi connectivity index (χ0) is 29.7. The number of sulfonamides is 1. The van der Waals surface area contributed by atoms with Crippen LogP contribution in [0.15, 0.2) is 95.9 Å². The summed E-state index contributed by atoms with van der Waals surface area (Å²) in [5.74, 6) is -0.472. The van der Waals surface area contributed by atoms with E-state index in [1.807, 2.05) is 73.7 Å². The molecule has 218 valence electrons.